The number of nitrogens with zero attached hydrogens (tertiary/aromatic N) is 2. The van der Waals surface area contributed by atoms with Crippen LogP contribution in [0.15, 0.2) is 18.3 Å². The van der Waals surface area contributed by atoms with E-state index in [1.54, 1.807) is 25.3 Å². The zero-order chi connectivity index (χ0) is 8.72. The van der Waals surface area contributed by atoms with E-state index in [9.17, 15) is 4.39 Å². The Morgan fingerprint density at radius 3 is 3.08 bits per heavy atom. The molecule has 0 spiro atoms. The molecule has 0 amide bonds. The summed E-state index contributed by atoms with van der Waals surface area (Å²) in [5, 5.41) is 3.94. The zero-order valence-corrected chi connectivity index (χ0v) is 6.58. The predicted molar refractivity (Wildman–Crippen MR) is 44.3 cm³/mol. The maximum absolute atomic E-state index is 13.2. The monoisotopic (exact) mass is 165 g/mol. The Balaban J connectivity index is 2.88. The van der Waals surface area contributed by atoms with Gasteiger partial charge in [0.2, 0.25) is 0 Å². The third-order valence-corrected chi connectivity index (χ3v) is 1.76. The Bertz CT molecular complexity index is 433. The van der Waals surface area contributed by atoms with Crippen molar-refractivity contribution in [3.63, 3.8) is 0 Å². The highest BCUT2D eigenvalue weighted by molar-refractivity contribution is 5.57. The highest BCUT2D eigenvalue weighted by Crippen LogP contribution is 2.15. The summed E-state index contributed by atoms with van der Waals surface area (Å²) in [6.45, 7) is 1.62. The molecule has 2 heterocycles. The van der Waals surface area contributed by atoms with Gasteiger partial charge in [-0.1, -0.05) is 0 Å². The van der Waals surface area contributed by atoms with Crippen molar-refractivity contribution in [3.05, 3.63) is 29.8 Å². The van der Waals surface area contributed by atoms with Crippen LogP contribution in [0.25, 0.3) is 5.52 Å². The molecule has 0 aromatic carbocycles. The van der Waals surface area contributed by atoms with E-state index < -0.39 is 0 Å². The Labute approximate surface area is 68.6 Å². The first-order valence-electron chi connectivity index (χ1n) is 3.58. The fraction of sp³-hybridized carbons (Fsp3) is 0.125. The number of nitrogen functional groups attached to an aromatic ring is 1. The van der Waals surface area contributed by atoms with Crippen LogP contribution in [-0.2, 0) is 0 Å². The third kappa shape index (κ3) is 0.845. The van der Waals surface area contributed by atoms with Gasteiger partial charge in [0.05, 0.1) is 5.69 Å². The van der Waals surface area contributed by atoms with Gasteiger partial charge >= 0.3 is 0 Å². The first-order chi connectivity index (χ1) is 5.68. The van der Waals surface area contributed by atoms with E-state index in [4.69, 9.17) is 5.73 Å². The molecule has 0 aliphatic carbocycles. The molecule has 0 atom stereocenters. The summed E-state index contributed by atoms with van der Waals surface area (Å²) in [6.07, 6.45) is 1.64. The van der Waals surface area contributed by atoms with Gasteiger partial charge in [0, 0.05) is 11.9 Å². The van der Waals surface area contributed by atoms with Crippen LogP contribution < -0.4 is 5.73 Å². The molecule has 2 rings (SSSR count). The first-order valence-corrected chi connectivity index (χ1v) is 3.58. The number of hydrogen-bond acceptors (Lipinski definition) is 2. The minimum absolute atomic E-state index is 0.303. The molecule has 2 aromatic heterocycles. The largest absolute Gasteiger partial charge is 0.399 e. The quantitative estimate of drug-likeness (QED) is 0.640. The fourth-order valence-electron chi connectivity index (χ4n) is 1.15. The van der Waals surface area contributed by atoms with E-state index in [2.05, 4.69) is 5.10 Å². The normalized spacial score (nSPS) is 10.8. The number of pyridine rings is 1. The molecule has 2 aromatic rings. The van der Waals surface area contributed by atoms with E-state index in [0.717, 1.165) is 0 Å². The van der Waals surface area contributed by atoms with Crippen molar-refractivity contribution in [2.75, 3.05) is 5.73 Å². The average Bonchev–Trinajstić information content (AvgIpc) is 2.31. The summed E-state index contributed by atoms with van der Waals surface area (Å²) in [5.74, 6) is -0.303. The molecular formula is C8H8FN3. The molecule has 62 valence electrons. The molecule has 0 bridgehead atoms. The lowest BCUT2D eigenvalue weighted by Crippen LogP contribution is -1.89. The number of rotatable bonds is 0. The van der Waals surface area contributed by atoms with Gasteiger partial charge < -0.3 is 5.73 Å². The molecule has 0 unspecified atom stereocenters. The van der Waals surface area contributed by atoms with Crippen LogP contribution in [0.1, 0.15) is 5.69 Å². The molecular weight excluding hydrogens is 157 g/mol. The van der Waals surface area contributed by atoms with Gasteiger partial charge in [0.25, 0.3) is 0 Å². The molecule has 3 nitrogen and oxygen atoms in total. The fourth-order valence-corrected chi connectivity index (χ4v) is 1.15. The number of aromatic nitrogens is 2. The minimum Gasteiger partial charge on any atom is -0.399 e. The molecule has 0 saturated carbocycles. The van der Waals surface area contributed by atoms with Gasteiger partial charge in [-0.05, 0) is 19.1 Å². The predicted octanol–water partition coefficient (Wildman–Crippen LogP) is 1.36. The number of nitrogens with two attached hydrogens (primary N) is 1. The maximum Gasteiger partial charge on any atom is 0.171 e. The van der Waals surface area contributed by atoms with Gasteiger partial charge in [-0.15, -0.1) is 0 Å². The second-order valence-electron chi connectivity index (χ2n) is 2.69. The van der Waals surface area contributed by atoms with E-state index >= 15 is 0 Å². The van der Waals surface area contributed by atoms with Crippen LogP contribution in [0, 0.1) is 12.7 Å². The highest BCUT2D eigenvalue weighted by Gasteiger charge is 2.07. The lowest BCUT2D eigenvalue weighted by atomic mass is 10.3. The number of aryl methyl sites for hydroxylation is 1. The van der Waals surface area contributed by atoms with Gasteiger partial charge in [-0.3, -0.25) is 0 Å². The van der Waals surface area contributed by atoms with Crippen LogP contribution >= 0.6 is 0 Å². The van der Waals surface area contributed by atoms with Crippen LogP contribution in [0.3, 0.4) is 0 Å². The Hall–Kier alpha value is -1.58. The number of halogens is 1. The van der Waals surface area contributed by atoms with Crippen LogP contribution in [-0.4, -0.2) is 9.61 Å². The van der Waals surface area contributed by atoms with Crippen molar-refractivity contribution in [1.82, 2.24) is 9.61 Å². The number of anilines is 1. The van der Waals surface area contributed by atoms with E-state index in [-0.39, 0.29) is 5.82 Å². The SMILES string of the molecule is Cc1nn2ccc(N)cc2c1F. The van der Waals surface area contributed by atoms with Crippen LogP contribution in [0.5, 0.6) is 0 Å². The molecule has 4 heteroatoms. The lowest BCUT2D eigenvalue weighted by Gasteiger charge is -1.93. The van der Waals surface area contributed by atoms with E-state index in [0.29, 0.717) is 16.9 Å². The topological polar surface area (TPSA) is 43.3 Å². The van der Waals surface area contributed by atoms with Crippen molar-refractivity contribution in [3.8, 4) is 0 Å². The van der Waals surface area contributed by atoms with E-state index in [1.165, 1.54) is 4.52 Å². The Morgan fingerprint density at radius 1 is 1.58 bits per heavy atom. The second-order valence-corrected chi connectivity index (χ2v) is 2.69. The van der Waals surface area contributed by atoms with Crippen molar-refractivity contribution >= 4 is 11.2 Å². The number of fused-ring (bicyclic) bond motifs is 1. The summed E-state index contributed by atoms with van der Waals surface area (Å²) in [7, 11) is 0. The van der Waals surface area contributed by atoms with Crippen molar-refractivity contribution < 1.29 is 4.39 Å². The molecule has 0 radical (unpaired) electrons. The Morgan fingerprint density at radius 2 is 2.33 bits per heavy atom. The summed E-state index contributed by atoms with van der Waals surface area (Å²) < 4.78 is 14.7. The first kappa shape index (κ1) is 7.09. The Kier molecular flexibility index (Phi) is 1.30. The molecule has 0 fully saturated rings. The molecule has 0 aliphatic heterocycles. The minimum atomic E-state index is -0.303. The van der Waals surface area contributed by atoms with Gasteiger partial charge in [0.1, 0.15) is 5.52 Å². The molecule has 12 heavy (non-hydrogen) atoms. The summed E-state index contributed by atoms with van der Waals surface area (Å²) in [6, 6.07) is 3.24. The van der Waals surface area contributed by atoms with Crippen molar-refractivity contribution in [2.45, 2.75) is 6.92 Å². The summed E-state index contributed by atoms with van der Waals surface area (Å²) in [5.41, 5.74) is 6.85. The number of hydrogen-bond donors (Lipinski definition) is 1. The third-order valence-electron chi connectivity index (χ3n) is 1.76. The van der Waals surface area contributed by atoms with Crippen molar-refractivity contribution in [2.24, 2.45) is 0 Å². The zero-order valence-electron chi connectivity index (χ0n) is 6.58. The molecule has 0 saturated heterocycles. The summed E-state index contributed by atoms with van der Waals surface area (Å²) >= 11 is 0. The highest BCUT2D eigenvalue weighted by atomic mass is 19.1. The molecule has 2 N–H and O–H groups in total. The van der Waals surface area contributed by atoms with Crippen LogP contribution in [0.2, 0.25) is 0 Å². The van der Waals surface area contributed by atoms with E-state index in [1.807, 2.05) is 0 Å². The maximum atomic E-state index is 13.2. The van der Waals surface area contributed by atoms with Crippen molar-refractivity contribution in [1.29, 1.82) is 0 Å². The average molecular weight is 165 g/mol. The lowest BCUT2D eigenvalue weighted by molar-refractivity contribution is 0.629. The standard InChI is InChI=1S/C8H8FN3/c1-5-8(9)7-4-6(10)2-3-12(7)11-5/h2-4H,10H2,1H3. The van der Waals surface area contributed by atoms with Gasteiger partial charge in [-0.25, -0.2) is 8.91 Å². The van der Waals surface area contributed by atoms with Crippen LogP contribution in [0.4, 0.5) is 10.1 Å². The smallest absolute Gasteiger partial charge is 0.171 e. The molecule has 0 aliphatic rings. The second kappa shape index (κ2) is 2.20. The van der Waals surface area contributed by atoms with Gasteiger partial charge in [-0.2, -0.15) is 5.10 Å². The van der Waals surface area contributed by atoms with Gasteiger partial charge in [0.15, 0.2) is 5.82 Å². The summed E-state index contributed by atoms with van der Waals surface area (Å²) in [4.78, 5) is 0.